The maximum Gasteiger partial charge on any atom is 0.0717 e. The summed E-state index contributed by atoms with van der Waals surface area (Å²) in [5, 5.41) is 0. The lowest BCUT2D eigenvalue weighted by Crippen LogP contribution is -2.27. The summed E-state index contributed by atoms with van der Waals surface area (Å²) >= 11 is 0. The van der Waals surface area contributed by atoms with Crippen molar-refractivity contribution in [1.82, 2.24) is 4.90 Å². The van der Waals surface area contributed by atoms with E-state index in [-0.39, 0.29) is 0 Å². The van der Waals surface area contributed by atoms with Crippen LogP contribution in [0.2, 0.25) is 5.82 Å². The molecule has 1 heterocycles. The molecule has 50 valence electrons. The van der Waals surface area contributed by atoms with Crippen LogP contribution in [0.1, 0.15) is 20.3 Å². The van der Waals surface area contributed by atoms with Gasteiger partial charge in [-0.2, -0.15) is 0 Å². The van der Waals surface area contributed by atoms with Crippen molar-refractivity contribution in [3.8, 4) is 0 Å². The van der Waals surface area contributed by atoms with Crippen molar-refractivity contribution < 1.29 is 0 Å². The molecule has 2 radical (unpaired) electrons. The summed E-state index contributed by atoms with van der Waals surface area (Å²) in [4.78, 5) is 2.42. The van der Waals surface area contributed by atoms with Gasteiger partial charge in [-0.05, 0) is 33.4 Å². The Morgan fingerprint density at radius 3 is 2.44 bits per heavy atom. The van der Waals surface area contributed by atoms with E-state index in [9.17, 15) is 0 Å². The third-order valence-electron chi connectivity index (χ3n) is 1.99. The smallest absolute Gasteiger partial charge is 0.0717 e. The van der Waals surface area contributed by atoms with Crippen LogP contribution >= 0.6 is 0 Å². The third kappa shape index (κ3) is 1.72. The predicted molar refractivity (Wildman–Crippen MR) is 40.8 cm³/mol. The van der Waals surface area contributed by atoms with Crippen LogP contribution in [-0.4, -0.2) is 31.9 Å². The van der Waals surface area contributed by atoms with E-state index < -0.39 is 0 Å². The van der Waals surface area contributed by atoms with Crippen LogP contribution in [0.15, 0.2) is 0 Å². The average Bonchev–Trinajstić information content (AvgIpc) is 2.14. The van der Waals surface area contributed by atoms with Crippen molar-refractivity contribution in [2.24, 2.45) is 0 Å². The molecule has 1 rings (SSSR count). The highest BCUT2D eigenvalue weighted by molar-refractivity contribution is 6.11. The fourth-order valence-corrected chi connectivity index (χ4v) is 1.28. The number of rotatable bonds is 1. The summed E-state index contributed by atoms with van der Waals surface area (Å²) in [6.07, 6.45) is 1.18. The van der Waals surface area contributed by atoms with Crippen molar-refractivity contribution in [3.63, 3.8) is 0 Å². The minimum absolute atomic E-state index is 0.437. The number of nitrogens with zero attached hydrogens (tertiary/aromatic N) is 1. The van der Waals surface area contributed by atoms with Gasteiger partial charge in [0, 0.05) is 6.04 Å². The molecule has 1 atom stereocenters. The fraction of sp³-hybridized carbons (Fsp3) is 1.00. The largest absolute Gasteiger partial charge is 0.301 e. The van der Waals surface area contributed by atoms with Gasteiger partial charge in [-0.1, -0.05) is 5.82 Å². The molecule has 0 amide bonds. The summed E-state index contributed by atoms with van der Waals surface area (Å²) < 4.78 is 0. The topological polar surface area (TPSA) is 3.24 Å². The average molecular weight is 123 g/mol. The quantitative estimate of drug-likeness (QED) is 0.471. The Balaban J connectivity index is 2.30. The summed E-state index contributed by atoms with van der Waals surface area (Å²) in [5.74, 6) is 0.437. The Hall–Kier alpha value is 0.0249. The van der Waals surface area contributed by atoms with Crippen molar-refractivity contribution in [3.05, 3.63) is 0 Å². The Bertz CT molecular complexity index is 92.9. The molecular weight excluding hydrogens is 109 g/mol. The first-order chi connectivity index (χ1) is 4.20. The maximum absolute atomic E-state index is 5.72. The minimum Gasteiger partial charge on any atom is -0.301 e. The highest BCUT2D eigenvalue weighted by Gasteiger charge is 2.19. The molecule has 0 aromatic carbocycles. The lowest BCUT2D eigenvalue weighted by Gasteiger charge is -2.19. The van der Waals surface area contributed by atoms with Gasteiger partial charge in [-0.3, -0.25) is 0 Å². The van der Waals surface area contributed by atoms with Gasteiger partial charge < -0.3 is 4.90 Å². The number of hydrogen-bond donors (Lipinski definition) is 0. The van der Waals surface area contributed by atoms with Gasteiger partial charge in [0.15, 0.2) is 0 Å². The molecule has 1 nitrogen and oxygen atoms in total. The molecule has 0 N–H and O–H groups in total. The number of likely N-dealkylation sites (tertiary alicyclic amines) is 1. The third-order valence-corrected chi connectivity index (χ3v) is 1.99. The van der Waals surface area contributed by atoms with Crippen LogP contribution in [-0.2, 0) is 0 Å². The second-order valence-electron chi connectivity index (χ2n) is 3.14. The molecule has 0 bridgehead atoms. The van der Waals surface area contributed by atoms with Gasteiger partial charge >= 0.3 is 0 Å². The molecule has 1 unspecified atom stereocenters. The standard InChI is InChI=1S/C7H14BN/c1-6(2)9-4-3-7(8)5-9/h6-7H,3-5H2,1-2H3. The highest BCUT2D eigenvalue weighted by atomic mass is 15.2. The second kappa shape index (κ2) is 2.74. The summed E-state index contributed by atoms with van der Waals surface area (Å²) in [6, 6.07) is 0.679. The van der Waals surface area contributed by atoms with Crippen LogP contribution in [0, 0.1) is 0 Å². The van der Waals surface area contributed by atoms with E-state index in [1.807, 2.05) is 0 Å². The fourth-order valence-electron chi connectivity index (χ4n) is 1.28. The SMILES string of the molecule is [B]C1CCN(C(C)C)C1. The molecule has 1 aliphatic heterocycles. The zero-order chi connectivity index (χ0) is 6.85. The van der Waals surface area contributed by atoms with Crippen molar-refractivity contribution in [2.45, 2.75) is 32.1 Å². The second-order valence-corrected chi connectivity index (χ2v) is 3.14. The van der Waals surface area contributed by atoms with Crippen LogP contribution in [0.25, 0.3) is 0 Å². The zero-order valence-corrected chi connectivity index (χ0v) is 6.30. The van der Waals surface area contributed by atoms with Gasteiger partial charge in [0.1, 0.15) is 0 Å². The summed E-state index contributed by atoms with van der Waals surface area (Å²) in [6.45, 7) is 6.73. The first-order valence-corrected chi connectivity index (χ1v) is 3.70. The summed E-state index contributed by atoms with van der Waals surface area (Å²) in [7, 11) is 5.72. The Morgan fingerprint density at radius 2 is 2.22 bits per heavy atom. The number of hydrogen-bond acceptors (Lipinski definition) is 1. The van der Waals surface area contributed by atoms with Crippen molar-refractivity contribution in [1.29, 1.82) is 0 Å². The first kappa shape index (κ1) is 7.14. The van der Waals surface area contributed by atoms with Crippen molar-refractivity contribution >= 4 is 7.85 Å². The van der Waals surface area contributed by atoms with Crippen LogP contribution < -0.4 is 0 Å². The van der Waals surface area contributed by atoms with Gasteiger partial charge in [0.2, 0.25) is 0 Å². The Labute approximate surface area is 58.8 Å². The van der Waals surface area contributed by atoms with E-state index in [0.29, 0.717) is 11.9 Å². The molecule has 1 aliphatic rings. The van der Waals surface area contributed by atoms with E-state index >= 15 is 0 Å². The molecule has 0 aromatic rings. The lowest BCUT2D eigenvalue weighted by atomic mass is 9.87. The van der Waals surface area contributed by atoms with E-state index in [2.05, 4.69) is 18.7 Å². The van der Waals surface area contributed by atoms with E-state index in [4.69, 9.17) is 7.85 Å². The summed E-state index contributed by atoms with van der Waals surface area (Å²) in [5.41, 5.74) is 0. The molecule has 1 fully saturated rings. The molecule has 9 heavy (non-hydrogen) atoms. The molecule has 0 saturated carbocycles. The van der Waals surface area contributed by atoms with Crippen LogP contribution in [0.4, 0.5) is 0 Å². The molecule has 0 aliphatic carbocycles. The van der Waals surface area contributed by atoms with Gasteiger partial charge in [-0.25, -0.2) is 0 Å². The molecule has 2 heteroatoms. The van der Waals surface area contributed by atoms with E-state index in [0.717, 1.165) is 6.54 Å². The van der Waals surface area contributed by atoms with E-state index in [1.54, 1.807) is 0 Å². The van der Waals surface area contributed by atoms with Gasteiger partial charge in [0.05, 0.1) is 7.85 Å². The van der Waals surface area contributed by atoms with Crippen molar-refractivity contribution in [2.75, 3.05) is 13.1 Å². The van der Waals surface area contributed by atoms with Gasteiger partial charge in [0.25, 0.3) is 0 Å². The Morgan fingerprint density at radius 1 is 1.56 bits per heavy atom. The highest BCUT2D eigenvalue weighted by Crippen LogP contribution is 2.19. The Kier molecular flexibility index (Phi) is 2.17. The van der Waals surface area contributed by atoms with Crippen LogP contribution in [0.5, 0.6) is 0 Å². The molecule has 0 aromatic heterocycles. The lowest BCUT2D eigenvalue weighted by molar-refractivity contribution is 0.276. The monoisotopic (exact) mass is 123 g/mol. The zero-order valence-electron chi connectivity index (χ0n) is 6.30. The van der Waals surface area contributed by atoms with Gasteiger partial charge in [-0.15, -0.1) is 0 Å². The molecule has 1 saturated heterocycles. The molecule has 0 spiro atoms. The first-order valence-electron chi connectivity index (χ1n) is 3.70. The molecular formula is C7H14BN. The minimum atomic E-state index is 0.437. The predicted octanol–water partition coefficient (Wildman–Crippen LogP) is 1.06. The van der Waals surface area contributed by atoms with E-state index in [1.165, 1.54) is 13.0 Å². The maximum atomic E-state index is 5.72. The van der Waals surface area contributed by atoms with Crippen LogP contribution in [0.3, 0.4) is 0 Å². The normalized spacial score (nSPS) is 29.9.